The van der Waals surface area contributed by atoms with Crippen LogP contribution in [0.1, 0.15) is 6.92 Å². The molecule has 10 heteroatoms. The highest BCUT2D eigenvalue weighted by Crippen LogP contribution is 2.25. The Balaban J connectivity index is 3.15. The van der Waals surface area contributed by atoms with E-state index in [1.54, 1.807) is 6.92 Å². The van der Waals surface area contributed by atoms with Gasteiger partial charge in [-0.25, -0.2) is 13.1 Å². The lowest BCUT2D eigenvalue weighted by Gasteiger charge is -2.15. The van der Waals surface area contributed by atoms with Crippen molar-refractivity contribution < 1.29 is 13.3 Å². The summed E-state index contributed by atoms with van der Waals surface area (Å²) in [5.74, 6) is 5.85. The SMILES string of the molecule is CSCC(C)NS(=O)(=O)c1ccc([N+](=O)[O-])cc1NN. The number of nitro benzene ring substituents is 1. The van der Waals surface area contributed by atoms with E-state index >= 15 is 0 Å². The average Bonchev–Trinajstić information content (AvgIpc) is 2.37. The van der Waals surface area contributed by atoms with E-state index in [1.807, 2.05) is 6.26 Å². The highest BCUT2D eigenvalue weighted by molar-refractivity contribution is 7.98. The van der Waals surface area contributed by atoms with Crippen LogP contribution in [0, 0.1) is 10.1 Å². The number of nitrogens with two attached hydrogens (primary N) is 1. The molecule has 112 valence electrons. The first-order chi connectivity index (χ1) is 9.31. The predicted molar refractivity (Wildman–Crippen MR) is 79.1 cm³/mol. The van der Waals surface area contributed by atoms with Crippen LogP contribution >= 0.6 is 11.8 Å². The van der Waals surface area contributed by atoms with Gasteiger partial charge in [0.2, 0.25) is 10.0 Å². The summed E-state index contributed by atoms with van der Waals surface area (Å²) in [5, 5.41) is 10.7. The van der Waals surface area contributed by atoms with Crippen molar-refractivity contribution in [3.8, 4) is 0 Å². The molecule has 0 aromatic heterocycles. The molecule has 0 saturated heterocycles. The molecule has 0 radical (unpaired) electrons. The van der Waals surface area contributed by atoms with Crippen LogP contribution in [0.2, 0.25) is 0 Å². The van der Waals surface area contributed by atoms with Crippen molar-refractivity contribution in [3.05, 3.63) is 28.3 Å². The van der Waals surface area contributed by atoms with E-state index in [0.29, 0.717) is 5.75 Å². The van der Waals surface area contributed by atoms with Gasteiger partial charge in [0.1, 0.15) is 4.90 Å². The Kier molecular flexibility index (Phi) is 5.74. The molecular weight excluding hydrogens is 304 g/mol. The molecule has 0 saturated carbocycles. The van der Waals surface area contributed by atoms with Crippen LogP contribution in [-0.2, 0) is 10.0 Å². The lowest BCUT2D eigenvalue weighted by molar-refractivity contribution is -0.384. The first-order valence-corrected chi connectivity index (χ1v) is 8.46. The Labute approximate surface area is 121 Å². The number of hydrazine groups is 1. The summed E-state index contributed by atoms with van der Waals surface area (Å²) in [6, 6.07) is 3.08. The van der Waals surface area contributed by atoms with Gasteiger partial charge in [-0.2, -0.15) is 11.8 Å². The number of nitro groups is 1. The maximum absolute atomic E-state index is 12.2. The zero-order chi connectivity index (χ0) is 15.3. The molecule has 0 spiro atoms. The molecule has 8 nitrogen and oxygen atoms in total. The quantitative estimate of drug-likeness (QED) is 0.387. The Morgan fingerprint density at radius 3 is 2.65 bits per heavy atom. The molecule has 1 unspecified atom stereocenters. The number of sulfonamides is 1. The minimum absolute atomic E-state index is 0.0250. The number of hydrogen-bond donors (Lipinski definition) is 3. The molecule has 0 aliphatic rings. The van der Waals surface area contributed by atoms with Crippen molar-refractivity contribution in [2.45, 2.75) is 17.9 Å². The van der Waals surface area contributed by atoms with Gasteiger partial charge in [0.05, 0.1) is 10.6 Å². The first-order valence-electron chi connectivity index (χ1n) is 5.58. The van der Waals surface area contributed by atoms with E-state index in [1.165, 1.54) is 11.8 Å². The normalized spacial score (nSPS) is 12.9. The van der Waals surface area contributed by atoms with Crippen LogP contribution in [-0.4, -0.2) is 31.4 Å². The average molecular weight is 320 g/mol. The predicted octanol–water partition coefficient (Wildman–Crippen LogP) is 0.910. The molecule has 0 fully saturated rings. The van der Waals surface area contributed by atoms with Crippen molar-refractivity contribution in [2.24, 2.45) is 5.84 Å². The topological polar surface area (TPSA) is 127 Å². The third kappa shape index (κ3) is 4.07. The zero-order valence-electron chi connectivity index (χ0n) is 11.0. The molecule has 0 heterocycles. The van der Waals surface area contributed by atoms with Gasteiger partial charge in [-0.3, -0.25) is 16.0 Å². The third-order valence-electron chi connectivity index (χ3n) is 2.39. The number of non-ortho nitro benzene ring substituents is 1. The fraction of sp³-hybridized carbons (Fsp3) is 0.400. The van der Waals surface area contributed by atoms with Gasteiger partial charge in [0.25, 0.3) is 5.69 Å². The highest BCUT2D eigenvalue weighted by atomic mass is 32.2. The van der Waals surface area contributed by atoms with Crippen LogP contribution in [0.25, 0.3) is 0 Å². The number of nitrogens with one attached hydrogen (secondary N) is 2. The van der Waals surface area contributed by atoms with E-state index in [9.17, 15) is 18.5 Å². The number of hydrogen-bond acceptors (Lipinski definition) is 7. The number of rotatable bonds is 7. The van der Waals surface area contributed by atoms with Gasteiger partial charge in [-0.1, -0.05) is 0 Å². The smallest absolute Gasteiger partial charge is 0.271 e. The van der Waals surface area contributed by atoms with Crippen LogP contribution in [0.4, 0.5) is 11.4 Å². The third-order valence-corrected chi connectivity index (χ3v) is 4.87. The fourth-order valence-corrected chi connectivity index (χ4v) is 3.67. The Bertz CT molecular complexity index is 591. The standard InChI is InChI=1S/C10H16N4O4S2/c1-7(6-19-2)13-20(17,18)10-4-3-8(14(15)16)5-9(10)12-11/h3-5,7,12-13H,6,11H2,1-2H3. The summed E-state index contributed by atoms with van der Waals surface area (Å²) < 4.78 is 26.9. The molecule has 1 rings (SSSR count). The van der Waals surface area contributed by atoms with E-state index in [2.05, 4.69) is 10.1 Å². The molecule has 1 aromatic carbocycles. The first kappa shape index (κ1) is 16.7. The van der Waals surface area contributed by atoms with Crippen molar-refractivity contribution in [2.75, 3.05) is 17.4 Å². The van der Waals surface area contributed by atoms with E-state index < -0.39 is 14.9 Å². The Morgan fingerprint density at radius 1 is 1.50 bits per heavy atom. The van der Waals surface area contributed by atoms with Crippen molar-refractivity contribution in [3.63, 3.8) is 0 Å². The molecule has 0 aliphatic carbocycles. The lowest BCUT2D eigenvalue weighted by Crippen LogP contribution is -2.34. The van der Waals surface area contributed by atoms with Gasteiger partial charge in [0, 0.05) is 23.9 Å². The summed E-state index contributed by atoms with van der Waals surface area (Å²) in [7, 11) is -3.80. The largest absolute Gasteiger partial charge is 0.323 e. The van der Waals surface area contributed by atoms with Crippen molar-refractivity contribution in [1.82, 2.24) is 4.72 Å². The second-order valence-corrected chi connectivity index (χ2v) is 6.65. The van der Waals surface area contributed by atoms with Gasteiger partial charge >= 0.3 is 0 Å². The molecule has 1 atom stereocenters. The lowest BCUT2D eigenvalue weighted by atomic mass is 10.3. The van der Waals surface area contributed by atoms with Crippen LogP contribution in [0.15, 0.2) is 23.1 Å². The van der Waals surface area contributed by atoms with Crippen LogP contribution in [0.3, 0.4) is 0 Å². The number of nitrogen functional groups attached to an aromatic ring is 1. The molecular formula is C10H16N4O4S2. The highest BCUT2D eigenvalue weighted by Gasteiger charge is 2.22. The summed E-state index contributed by atoms with van der Waals surface area (Å²) >= 11 is 1.51. The molecule has 4 N–H and O–H groups in total. The van der Waals surface area contributed by atoms with Gasteiger partial charge in [-0.15, -0.1) is 0 Å². The summed E-state index contributed by atoms with van der Waals surface area (Å²) in [6.07, 6.45) is 1.86. The van der Waals surface area contributed by atoms with Crippen molar-refractivity contribution in [1.29, 1.82) is 0 Å². The van der Waals surface area contributed by atoms with E-state index in [4.69, 9.17) is 5.84 Å². The van der Waals surface area contributed by atoms with Crippen molar-refractivity contribution >= 4 is 33.2 Å². The molecule has 0 amide bonds. The molecule has 1 aromatic rings. The van der Waals surface area contributed by atoms with E-state index in [0.717, 1.165) is 18.2 Å². The number of nitrogens with zero attached hydrogens (tertiary/aromatic N) is 1. The van der Waals surface area contributed by atoms with Gasteiger partial charge in [-0.05, 0) is 19.2 Å². The molecule has 20 heavy (non-hydrogen) atoms. The fourth-order valence-electron chi connectivity index (χ4n) is 1.59. The summed E-state index contributed by atoms with van der Waals surface area (Å²) in [5.41, 5.74) is 1.91. The maximum Gasteiger partial charge on any atom is 0.271 e. The zero-order valence-corrected chi connectivity index (χ0v) is 12.6. The second kappa shape index (κ2) is 6.88. The maximum atomic E-state index is 12.2. The Hall–Kier alpha value is -1.36. The van der Waals surface area contributed by atoms with Crippen LogP contribution in [0.5, 0.6) is 0 Å². The van der Waals surface area contributed by atoms with Gasteiger partial charge in [0.15, 0.2) is 0 Å². The van der Waals surface area contributed by atoms with Crippen LogP contribution < -0.4 is 16.0 Å². The number of anilines is 1. The molecule has 0 aliphatic heterocycles. The summed E-state index contributed by atoms with van der Waals surface area (Å²) in [4.78, 5) is 9.91. The minimum atomic E-state index is -3.80. The Morgan fingerprint density at radius 2 is 2.15 bits per heavy atom. The number of benzene rings is 1. The van der Waals surface area contributed by atoms with E-state index in [-0.39, 0.29) is 22.3 Å². The minimum Gasteiger partial charge on any atom is -0.323 e. The number of thioether (sulfide) groups is 1. The summed E-state index contributed by atoms with van der Waals surface area (Å²) in [6.45, 7) is 1.73. The monoisotopic (exact) mass is 320 g/mol. The molecule has 0 bridgehead atoms. The van der Waals surface area contributed by atoms with Gasteiger partial charge < -0.3 is 5.43 Å². The second-order valence-electron chi connectivity index (χ2n) is 4.06.